The first-order valence-electron chi connectivity index (χ1n) is 5.56. The van der Waals surface area contributed by atoms with Crippen LogP contribution in [0, 0.1) is 6.92 Å². The fourth-order valence-corrected chi connectivity index (χ4v) is 3.09. The summed E-state index contributed by atoms with van der Waals surface area (Å²) < 4.78 is 2.21. The Kier molecular flexibility index (Phi) is 2.23. The summed E-state index contributed by atoms with van der Waals surface area (Å²) in [4.78, 5) is 1.15. The number of nitrogen functional groups attached to an aromatic ring is 1. The van der Waals surface area contributed by atoms with Crippen molar-refractivity contribution in [3.63, 3.8) is 0 Å². The van der Waals surface area contributed by atoms with Crippen molar-refractivity contribution < 1.29 is 0 Å². The Morgan fingerprint density at radius 2 is 2.00 bits per heavy atom. The Balaban J connectivity index is 2.31. The van der Waals surface area contributed by atoms with Gasteiger partial charge in [0, 0.05) is 18.0 Å². The van der Waals surface area contributed by atoms with Crippen LogP contribution in [0.3, 0.4) is 0 Å². The monoisotopic (exact) mass is 242 g/mol. The summed E-state index contributed by atoms with van der Waals surface area (Å²) in [6, 6.07) is 10.7. The minimum absolute atomic E-state index is 0.859. The maximum atomic E-state index is 5.99. The van der Waals surface area contributed by atoms with Crippen molar-refractivity contribution in [3.05, 3.63) is 41.3 Å². The minimum atomic E-state index is 0.859. The topological polar surface area (TPSA) is 30.9 Å². The van der Waals surface area contributed by atoms with Gasteiger partial charge in [0.25, 0.3) is 0 Å². The van der Waals surface area contributed by atoms with E-state index >= 15 is 0 Å². The third-order valence-corrected chi connectivity index (χ3v) is 4.08. The van der Waals surface area contributed by atoms with Gasteiger partial charge in [0.15, 0.2) is 0 Å². The molecule has 17 heavy (non-hydrogen) atoms. The first-order chi connectivity index (χ1) is 8.16. The lowest BCUT2D eigenvalue weighted by Gasteiger charge is -2.03. The number of hydrogen-bond acceptors (Lipinski definition) is 2. The molecule has 0 spiro atoms. The summed E-state index contributed by atoms with van der Waals surface area (Å²) in [5.74, 6) is 0. The van der Waals surface area contributed by atoms with Crippen molar-refractivity contribution in [2.75, 3.05) is 5.73 Å². The van der Waals surface area contributed by atoms with Crippen LogP contribution in [0.15, 0.2) is 35.7 Å². The molecule has 0 unspecified atom stereocenters. The van der Waals surface area contributed by atoms with Crippen LogP contribution in [-0.2, 0) is 7.05 Å². The Bertz CT molecular complexity index is 691. The second kappa shape index (κ2) is 3.64. The number of nitrogens with zero attached hydrogens (tertiary/aromatic N) is 1. The predicted octanol–water partition coefficient (Wildman–Crippen LogP) is 3.80. The molecule has 0 fully saturated rings. The van der Waals surface area contributed by atoms with E-state index < -0.39 is 0 Å². The number of anilines is 1. The van der Waals surface area contributed by atoms with Gasteiger partial charge >= 0.3 is 0 Å². The van der Waals surface area contributed by atoms with Crippen LogP contribution in [0.5, 0.6) is 0 Å². The molecule has 3 aromatic rings. The van der Waals surface area contributed by atoms with Crippen LogP contribution >= 0.6 is 11.3 Å². The molecule has 0 amide bonds. The van der Waals surface area contributed by atoms with Gasteiger partial charge in [-0.1, -0.05) is 11.6 Å². The normalized spacial score (nSPS) is 11.2. The number of benzene rings is 1. The van der Waals surface area contributed by atoms with Crippen molar-refractivity contribution in [2.24, 2.45) is 7.05 Å². The molecule has 2 heterocycles. The molecule has 2 N–H and O–H groups in total. The second-order valence-corrected chi connectivity index (χ2v) is 5.27. The largest absolute Gasteiger partial charge is 0.397 e. The minimum Gasteiger partial charge on any atom is -0.397 e. The molecule has 0 radical (unpaired) electrons. The molecule has 0 aliphatic heterocycles. The molecule has 3 rings (SSSR count). The molecule has 86 valence electrons. The number of nitrogens with two attached hydrogens (primary N) is 1. The number of aromatic nitrogens is 1. The van der Waals surface area contributed by atoms with Crippen molar-refractivity contribution in [3.8, 4) is 10.6 Å². The van der Waals surface area contributed by atoms with E-state index in [0.29, 0.717) is 0 Å². The second-order valence-electron chi connectivity index (χ2n) is 4.36. The van der Waals surface area contributed by atoms with Crippen LogP contribution in [0.25, 0.3) is 21.5 Å². The smallest absolute Gasteiger partial charge is 0.0736 e. The van der Waals surface area contributed by atoms with Crippen LogP contribution in [0.1, 0.15) is 5.56 Å². The van der Waals surface area contributed by atoms with Gasteiger partial charge in [0.2, 0.25) is 0 Å². The van der Waals surface area contributed by atoms with Gasteiger partial charge in [-0.3, -0.25) is 0 Å². The van der Waals surface area contributed by atoms with E-state index in [1.54, 1.807) is 11.3 Å². The molecule has 0 aliphatic carbocycles. The van der Waals surface area contributed by atoms with Gasteiger partial charge in [-0.25, -0.2) is 0 Å². The van der Waals surface area contributed by atoms with Crippen molar-refractivity contribution in [2.45, 2.75) is 6.92 Å². The Morgan fingerprint density at radius 3 is 2.71 bits per heavy atom. The van der Waals surface area contributed by atoms with E-state index in [1.165, 1.54) is 22.2 Å². The lowest BCUT2D eigenvalue weighted by molar-refractivity contribution is 0.981. The fourth-order valence-electron chi connectivity index (χ4n) is 2.21. The van der Waals surface area contributed by atoms with E-state index in [2.05, 4.69) is 42.8 Å². The van der Waals surface area contributed by atoms with Gasteiger partial charge in [0.05, 0.1) is 16.3 Å². The number of rotatable bonds is 1. The number of hydrogen-bond donors (Lipinski definition) is 1. The van der Waals surface area contributed by atoms with Gasteiger partial charge in [-0.15, -0.1) is 11.3 Å². The van der Waals surface area contributed by atoms with Gasteiger partial charge in [-0.05, 0) is 36.6 Å². The highest BCUT2D eigenvalue weighted by atomic mass is 32.1. The third kappa shape index (κ3) is 1.54. The molecule has 0 bridgehead atoms. The first-order valence-corrected chi connectivity index (χ1v) is 6.44. The first kappa shape index (κ1) is 10.4. The molecule has 0 saturated heterocycles. The molecule has 0 saturated carbocycles. The molecule has 0 atom stereocenters. The molecular weight excluding hydrogens is 228 g/mol. The van der Waals surface area contributed by atoms with Crippen LogP contribution in [0.4, 0.5) is 5.69 Å². The Morgan fingerprint density at radius 1 is 1.18 bits per heavy atom. The maximum absolute atomic E-state index is 5.99. The van der Waals surface area contributed by atoms with Gasteiger partial charge in [0.1, 0.15) is 0 Å². The number of thiophene rings is 1. The molecule has 2 nitrogen and oxygen atoms in total. The lowest BCUT2D eigenvalue weighted by atomic mass is 10.2. The predicted molar refractivity (Wildman–Crippen MR) is 75.4 cm³/mol. The van der Waals surface area contributed by atoms with Crippen LogP contribution < -0.4 is 5.73 Å². The molecule has 0 aliphatic rings. The molecule has 1 aromatic carbocycles. The standard InChI is InChI=1S/C14H14N2S/c1-9-3-4-12-10(7-9)8-13(16(12)2)14-11(15)5-6-17-14/h3-8H,15H2,1-2H3. The average Bonchev–Trinajstić information content (AvgIpc) is 2.83. The highest BCUT2D eigenvalue weighted by molar-refractivity contribution is 7.14. The number of fused-ring (bicyclic) bond motifs is 1. The summed E-state index contributed by atoms with van der Waals surface area (Å²) in [7, 11) is 2.09. The summed E-state index contributed by atoms with van der Waals surface area (Å²) >= 11 is 1.69. The lowest BCUT2D eigenvalue weighted by Crippen LogP contribution is -1.92. The van der Waals surface area contributed by atoms with E-state index in [-0.39, 0.29) is 0 Å². The van der Waals surface area contributed by atoms with E-state index in [9.17, 15) is 0 Å². The van der Waals surface area contributed by atoms with Crippen molar-refractivity contribution >= 4 is 27.9 Å². The Hall–Kier alpha value is -1.74. The van der Waals surface area contributed by atoms with E-state index in [4.69, 9.17) is 5.73 Å². The average molecular weight is 242 g/mol. The summed E-state index contributed by atoms with van der Waals surface area (Å²) in [6.45, 7) is 2.12. The van der Waals surface area contributed by atoms with E-state index in [0.717, 1.165) is 10.6 Å². The van der Waals surface area contributed by atoms with Gasteiger partial charge < -0.3 is 10.3 Å². The highest BCUT2D eigenvalue weighted by Gasteiger charge is 2.11. The SMILES string of the molecule is Cc1ccc2c(c1)cc(-c1sccc1N)n2C. The zero-order chi connectivity index (χ0) is 12.0. The molecule has 3 heteroatoms. The quantitative estimate of drug-likeness (QED) is 0.691. The van der Waals surface area contributed by atoms with Crippen molar-refractivity contribution in [1.29, 1.82) is 0 Å². The van der Waals surface area contributed by atoms with Crippen LogP contribution in [-0.4, -0.2) is 4.57 Å². The Labute approximate surface area is 104 Å². The zero-order valence-electron chi connectivity index (χ0n) is 9.90. The van der Waals surface area contributed by atoms with Crippen LogP contribution in [0.2, 0.25) is 0 Å². The fraction of sp³-hybridized carbons (Fsp3) is 0.143. The summed E-state index contributed by atoms with van der Waals surface area (Å²) in [5, 5.41) is 3.31. The third-order valence-electron chi connectivity index (χ3n) is 3.13. The maximum Gasteiger partial charge on any atom is 0.0736 e. The summed E-state index contributed by atoms with van der Waals surface area (Å²) in [5.41, 5.74) is 10.6. The molecular formula is C14H14N2S. The van der Waals surface area contributed by atoms with Gasteiger partial charge in [-0.2, -0.15) is 0 Å². The van der Waals surface area contributed by atoms with Crippen molar-refractivity contribution in [1.82, 2.24) is 4.57 Å². The zero-order valence-corrected chi connectivity index (χ0v) is 10.7. The van der Waals surface area contributed by atoms with E-state index in [1.807, 2.05) is 11.4 Å². The summed E-state index contributed by atoms with van der Waals surface area (Å²) in [6.07, 6.45) is 0. The highest BCUT2D eigenvalue weighted by Crippen LogP contribution is 2.35. The molecule has 2 aromatic heterocycles. The number of aryl methyl sites for hydroxylation is 2.